The van der Waals surface area contributed by atoms with Crippen LogP contribution in [-0.2, 0) is 6.54 Å². The van der Waals surface area contributed by atoms with Crippen LogP contribution in [0.5, 0.6) is 0 Å². The fourth-order valence-corrected chi connectivity index (χ4v) is 2.72. The number of likely N-dealkylation sites (tertiary alicyclic amines) is 1. The lowest BCUT2D eigenvalue weighted by Crippen LogP contribution is -2.46. The smallest absolute Gasteiger partial charge is 0.126 e. The Morgan fingerprint density at radius 1 is 1.44 bits per heavy atom. The van der Waals surface area contributed by atoms with Crippen LogP contribution in [0.2, 0.25) is 0 Å². The van der Waals surface area contributed by atoms with E-state index in [1.807, 2.05) is 19.1 Å². The summed E-state index contributed by atoms with van der Waals surface area (Å²) in [4.78, 5) is 2.38. The second-order valence-corrected chi connectivity index (χ2v) is 5.60. The van der Waals surface area contributed by atoms with Crippen LogP contribution in [0.4, 0.5) is 4.39 Å². The first-order chi connectivity index (χ1) is 8.56. The van der Waals surface area contributed by atoms with Crippen molar-refractivity contribution in [3.8, 4) is 0 Å². The fourth-order valence-electron chi connectivity index (χ4n) is 2.72. The molecule has 1 aliphatic heterocycles. The average Bonchev–Trinajstić information content (AvgIpc) is 2.32. The molecule has 0 bridgehead atoms. The Balaban J connectivity index is 1.89. The van der Waals surface area contributed by atoms with Crippen LogP contribution in [-0.4, -0.2) is 31.1 Å². The van der Waals surface area contributed by atoms with Gasteiger partial charge in [0.25, 0.3) is 0 Å². The molecule has 0 spiro atoms. The summed E-state index contributed by atoms with van der Waals surface area (Å²) in [6.45, 7) is 7.25. The van der Waals surface area contributed by atoms with E-state index in [-0.39, 0.29) is 5.82 Å². The highest BCUT2D eigenvalue weighted by Gasteiger charge is 2.23. The zero-order chi connectivity index (χ0) is 13.1. The second kappa shape index (κ2) is 5.81. The highest BCUT2D eigenvalue weighted by Crippen LogP contribution is 2.16. The van der Waals surface area contributed by atoms with Crippen molar-refractivity contribution >= 4 is 0 Å². The molecule has 2 atom stereocenters. The molecule has 1 heterocycles. The number of benzene rings is 1. The van der Waals surface area contributed by atoms with Crippen molar-refractivity contribution in [3.05, 3.63) is 35.1 Å². The number of nitrogens with zero attached hydrogens (tertiary/aromatic N) is 1. The Labute approximate surface area is 109 Å². The predicted octanol–water partition coefficient (Wildman–Crippen LogP) is 2.56. The van der Waals surface area contributed by atoms with E-state index in [1.54, 1.807) is 6.07 Å². The van der Waals surface area contributed by atoms with E-state index in [0.29, 0.717) is 12.0 Å². The van der Waals surface area contributed by atoms with E-state index >= 15 is 0 Å². The summed E-state index contributed by atoms with van der Waals surface area (Å²) in [6.07, 6.45) is 1.19. The Morgan fingerprint density at radius 3 is 2.89 bits per heavy atom. The Hall–Kier alpha value is -0.930. The number of aryl methyl sites for hydroxylation is 1. The molecule has 0 radical (unpaired) electrons. The maximum atomic E-state index is 13.2. The maximum Gasteiger partial charge on any atom is 0.126 e. The van der Waals surface area contributed by atoms with Crippen molar-refractivity contribution in [2.24, 2.45) is 5.92 Å². The molecule has 0 saturated carbocycles. The zero-order valence-electron chi connectivity index (χ0n) is 11.5. The summed E-state index contributed by atoms with van der Waals surface area (Å²) in [6, 6.07) is 5.94. The standard InChI is InChI=1S/C15H23FN2/c1-11-8-13(4-5-14(11)16)9-17-15-6-7-18(3)10-12(15)2/h4-5,8,12,15,17H,6-7,9-10H2,1-3H3. The van der Waals surface area contributed by atoms with E-state index < -0.39 is 0 Å². The Morgan fingerprint density at radius 2 is 2.22 bits per heavy atom. The molecule has 1 N–H and O–H groups in total. The Bertz CT molecular complexity index is 405. The summed E-state index contributed by atoms with van der Waals surface area (Å²) in [5.41, 5.74) is 1.89. The van der Waals surface area contributed by atoms with Gasteiger partial charge in [-0.1, -0.05) is 19.1 Å². The van der Waals surface area contributed by atoms with Crippen LogP contribution < -0.4 is 5.32 Å². The minimum absolute atomic E-state index is 0.119. The predicted molar refractivity (Wildman–Crippen MR) is 73.0 cm³/mol. The first kappa shape index (κ1) is 13.5. The quantitative estimate of drug-likeness (QED) is 0.887. The third-order valence-electron chi connectivity index (χ3n) is 3.90. The number of piperidine rings is 1. The average molecular weight is 250 g/mol. The molecule has 1 aromatic rings. The van der Waals surface area contributed by atoms with Crippen molar-refractivity contribution in [1.29, 1.82) is 0 Å². The van der Waals surface area contributed by atoms with Gasteiger partial charge in [-0.15, -0.1) is 0 Å². The molecule has 2 nitrogen and oxygen atoms in total. The molecule has 0 aliphatic carbocycles. The Kier molecular flexibility index (Phi) is 4.36. The molecule has 1 fully saturated rings. The third kappa shape index (κ3) is 3.30. The lowest BCUT2D eigenvalue weighted by molar-refractivity contribution is 0.174. The molecule has 100 valence electrons. The molecule has 2 rings (SSSR count). The summed E-state index contributed by atoms with van der Waals surface area (Å²) < 4.78 is 13.2. The van der Waals surface area contributed by atoms with E-state index in [2.05, 4.69) is 24.2 Å². The van der Waals surface area contributed by atoms with Crippen molar-refractivity contribution < 1.29 is 4.39 Å². The molecule has 2 unspecified atom stereocenters. The third-order valence-corrected chi connectivity index (χ3v) is 3.90. The van der Waals surface area contributed by atoms with Gasteiger partial charge >= 0.3 is 0 Å². The number of hydrogen-bond acceptors (Lipinski definition) is 2. The van der Waals surface area contributed by atoms with Crippen LogP contribution in [0, 0.1) is 18.7 Å². The monoisotopic (exact) mass is 250 g/mol. The maximum absolute atomic E-state index is 13.2. The highest BCUT2D eigenvalue weighted by molar-refractivity contribution is 5.23. The van der Waals surface area contributed by atoms with Gasteiger partial charge in [-0.05, 0) is 50.0 Å². The van der Waals surface area contributed by atoms with Crippen LogP contribution in [0.15, 0.2) is 18.2 Å². The van der Waals surface area contributed by atoms with Gasteiger partial charge in [0.05, 0.1) is 0 Å². The summed E-state index contributed by atoms with van der Waals surface area (Å²) >= 11 is 0. The number of halogens is 1. The van der Waals surface area contributed by atoms with E-state index in [1.165, 1.54) is 12.0 Å². The lowest BCUT2D eigenvalue weighted by atomic mass is 9.94. The van der Waals surface area contributed by atoms with Gasteiger partial charge in [0.1, 0.15) is 5.82 Å². The van der Waals surface area contributed by atoms with Gasteiger partial charge in [0.2, 0.25) is 0 Å². The molecule has 1 aromatic carbocycles. The molecule has 0 aromatic heterocycles. The van der Waals surface area contributed by atoms with Gasteiger partial charge in [0.15, 0.2) is 0 Å². The summed E-state index contributed by atoms with van der Waals surface area (Å²) in [7, 11) is 2.18. The number of nitrogens with one attached hydrogen (secondary N) is 1. The summed E-state index contributed by atoms with van der Waals surface area (Å²) in [5.74, 6) is 0.553. The molecular weight excluding hydrogens is 227 g/mol. The van der Waals surface area contributed by atoms with E-state index in [9.17, 15) is 4.39 Å². The number of rotatable bonds is 3. The van der Waals surface area contributed by atoms with Crippen LogP contribution in [0.25, 0.3) is 0 Å². The lowest BCUT2D eigenvalue weighted by Gasteiger charge is -2.35. The topological polar surface area (TPSA) is 15.3 Å². The van der Waals surface area contributed by atoms with Gasteiger partial charge in [-0.3, -0.25) is 0 Å². The van der Waals surface area contributed by atoms with Gasteiger partial charge in [-0.2, -0.15) is 0 Å². The van der Waals surface area contributed by atoms with Gasteiger partial charge in [0, 0.05) is 19.1 Å². The first-order valence-electron chi connectivity index (χ1n) is 6.73. The van der Waals surface area contributed by atoms with Crippen LogP contribution in [0.1, 0.15) is 24.5 Å². The van der Waals surface area contributed by atoms with Crippen LogP contribution in [0.3, 0.4) is 0 Å². The molecule has 18 heavy (non-hydrogen) atoms. The molecule has 0 amide bonds. The normalized spacial score (nSPS) is 25.3. The zero-order valence-corrected chi connectivity index (χ0v) is 11.5. The van der Waals surface area contributed by atoms with Crippen LogP contribution >= 0.6 is 0 Å². The molecular formula is C15H23FN2. The SMILES string of the molecule is Cc1cc(CNC2CCN(C)CC2C)ccc1F. The molecule has 3 heteroatoms. The van der Waals surface area contributed by atoms with E-state index in [0.717, 1.165) is 25.2 Å². The molecule has 1 aliphatic rings. The minimum Gasteiger partial charge on any atom is -0.310 e. The molecule has 1 saturated heterocycles. The van der Waals surface area contributed by atoms with Crippen molar-refractivity contribution in [3.63, 3.8) is 0 Å². The van der Waals surface area contributed by atoms with Crippen molar-refractivity contribution in [1.82, 2.24) is 10.2 Å². The minimum atomic E-state index is -0.119. The highest BCUT2D eigenvalue weighted by atomic mass is 19.1. The van der Waals surface area contributed by atoms with Crippen molar-refractivity contribution in [2.45, 2.75) is 32.9 Å². The van der Waals surface area contributed by atoms with Gasteiger partial charge in [-0.25, -0.2) is 4.39 Å². The van der Waals surface area contributed by atoms with Gasteiger partial charge < -0.3 is 10.2 Å². The summed E-state index contributed by atoms with van der Waals surface area (Å²) in [5, 5.41) is 3.61. The second-order valence-electron chi connectivity index (χ2n) is 5.60. The van der Waals surface area contributed by atoms with E-state index in [4.69, 9.17) is 0 Å². The largest absolute Gasteiger partial charge is 0.310 e. The first-order valence-corrected chi connectivity index (χ1v) is 6.73. The number of hydrogen-bond donors (Lipinski definition) is 1. The fraction of sp³-hybridized carbons (Fsp3) is 0.600. The van der Waals surface area contributed by atoms with Crippen molar-refractivity contribution in [2.75, 3.05) is 20.1 Å².